The normalized spacial score (nSPS) is 11.5. The second kappa shape index (κ2) is 5.79. The van der Waals surface area contributed by atoms with Crippen LogP contribution in [0.25, 0.3) is 0 Å². The molecule has 92 valence electrons. The van der Waals surface area contributed by atoms with Gasteiger partial charge in [0.25, 0.3) is 0 Å². The predicted molar refractivity (Wildman–Crippen MR) is 67.0 cm³/mol. The Hall–Kier alpha value is -1.40. The van der Waals surface area contributed by atoms with Crippen LogP contribution in [0.1, 0.15) is 19.4 Å². The molecule has 0 N–H and O–H groups in total. The Labute approximate surface area is 103 Å². The minimum Gasteiger partial charge on any atom is -0.304 e. The van der Waals surface area contributed by atoms with Crippen molar-refractivity contribution in [1.29, 1.82) is 5.26 Å². The highest BCUT2D eigenvalue weighted by Crippen LogP contribution is 2.15. The Kier molecular flexibility index (Phi) is 4.65. The Morgan fingerprint density at radius 2 is 2.00 bits per heavy atom. The molecule has 1 aromatic carbocycles. The van der Waals surface area contributed by atoms with Crippen LogP contribution in [-0.4, -0.2) is 25.0 Å². The topological polar surface area (TPSA) is 27.0 Å². The molecule has 0 aliphatic rings. The fourth-order valence-corrected chi connectivity index (χ4v) is 1.80. The summed E-state index contributed by atoms with van der Waals surface area (Å²) in [6.07, 6.45) is 0.671. The van der Waals surface area contributed by atoms with Gasteiger partial charge in [0.15, 0.2) is 0 Å². The van der Waals surface area contributed by atoms with Crippen molar-refractivity contribution in [1.82, 2.24) is 4.90 Å². The number of benzene rings is 1. The molecule has 0 bridgehead atoms. The fraction of sp³-hybridized carbons (Fsp3) is 0.500. The van der Waals surface area contributed by atoms with E-state index in [2.05, 4.69) is 11.0 Å². The van der Waals surface area contributed by atoms with Crippen molar-refractivity contribution >= 4 is 0 Å². The molecule has 0 aliphatic carbocycles. The van der Waals surface area contributed by atoms with Crippen molar-refractivity contribution in [3.05, 3.63) is 35.6 Å². The van der Waals surface area contributed by atoms with Crippen LogP contribution in [0.15, 0.2) is 24.3 Å². The highest BCUT2D eigenvalue weighted by Gasteiger charge is 2.18. The molecule has 0 saturated heterocycles. The van der Waals surface area contributed by atoms with Crippen LogP contribution >= 0.6 is 0 Å². The van der Waals surface area contributed by atoms with Crippen LogP contribution in [0, 0.1) is 22.6 Å². The van der Waals surface area contributed by atoms with Gasteiger partial charge in [-0.3, -0.25) is 0 Å². The highest BCUT2D eigenvalue weighted by molar-refractivity contribution is 5.17. The standard InChI is InChI=1S/C14H19FN2/c1-14(2,10-16)11-17(3)9-8-12-6-4-5-7-13(12)15/h4-7H,8-9,11H2,1-3H3. The quantitative estimate of drug-likeness (QED) is 0.783. The van der Waals surface area contributed by atoms with E-state index in [0.29, 0.717) is 13.0 Å². The van der Waals surface area contributed by atoms with Crippen LogP contribution in [0.2, 0.25) is 0 Å². The van der Waals surface area contributed by atoms with Crippen molar-refractivity contribution in [3.8, 4) is 6.07 Å². The van der Waals surface area contributed by atoms with Gasteiger partial charge in [0, 0.05) is 13.1 Å². The highest BCUT2D eigenvalue weighted by atomic mass is 19.1. The summed E-state index contributed by atoms with van der Waals surface area (Å²) in [6, 6.07) is 9.09. The van der Waals surface area contributed by atoms with E-state index in [9.17, 15) is 4.39 Å². The Balaban J connectivity index is 2.47. The zero-order valence-electron chi connectivity index (χ0n) is 10.7. The maximum absolute atomic E-state index is 13.4. The summed E-state index contributed by atoms with van der Waals surface area (Å²) in [4.78, 5) is 2.07. The molecular formula is C14H19FN2. The van der Waals surface area contributed by atoms with E-state index in [1.165, 1.54) is 6.07 Å². The third-order valence-electron chi connectivity index (χ3n) is 2.69. The molecule has 0 fully saturated rings. The first-order valence-corrected chi connectivity index (χ1v) is 5.78. The Morgan fingerprint density at radius 3 is 2.59 bits per heavy atom. The molecule has 1 aromatic rings. The first kappa shape index (κ1) is 13.7. The lowest BCUT2D eigenvalue weighted by atomic mass is 9.95. The lowest BCUT2D eigenvalue weighted by Crippen LogP contribution is -2.31. The maximum atomic E-state index is 13.4. The van der Waals surface area contributed by atoms with Gasteiger partial charge in [0.1, 0.15) is 5.82 Å². The van der Waals surface area contributed by atoms with Gasteiger partial charge in [-0.1, -0.05) is 18.2 Å². The third kappa shape index (κ3) is 4.54. The summed E-state index contributed by atoms with van der Waals surface area (Å²) in [7, 11) is 1.96. The summed E-state index contributed by atoms with van der Waals surface area (Å²) >= 11 is 0. The molecule has 0 radical (unpaired) electrons. The molecule has 2 nitrogen and oxygen atoms in total. The maximum Gasteiger partial charge on any atom is 0.126 e. The van der Waals surface area contributed by atoms with Crippen molar-refractivity contribution < 1.29 is 4.39 Å². The number of nitrogens with zero attached hydrogens (tertiary/aromatic N) is 2. The van der Waals surface area contributed by atoms with Crippen molar-refractivity contribution in [2.75, 3.05) is 20.1 Å². The molecule has 3 heteroatoms. The van der Waals surface area contributed by atoms with Crippen LogP contribution in [0.5, 0.6) is 0 Å². The van der Waals surface area contributed by atoms with Gasteiger partial charge in [-0.05, 0) is 38.9 Å². The van der Waals surface area contributed by atoms with Crippen LogP contribution in [-0.2, 0) is 6.42 Å². The summed E-state index contributed by atoms with van der Waals surface area (Å²) < 4.78 is 13.4. The largest absolute Gasteiger partial charge is 0.304 e. The minimum atomic E-state index is -0.357. The second-order valence-electron chi connectivity index (χ2n) is 5.07. The molecule has 0 heterocycles. The van der Waals surface area contributed by atoms with E-state index in [-0.39, 0.29) is 11.2 Å². The zero-order valence-corrected chi connectivity index (χ0v) is 10.7. The predicted octanol–water partition coefficient (Wildman–Crippen LogP) is 2.85. The fourth-order valence-electron chi connectivity index (χ4n) is 1.80. The van der Waals surface area contributed by atoms with Gasteiger partial charge in [0.05, 0.1) is 11.5 Å². The zero-order chi connectivity index (χ0) is 12.9. The van der Waals surface area contributed by atoms with E-state index in [4.69, 9.17) is 5.26 Å². The monoisotopic (exact) mass is 234 g/mol. The smallest absolute Gasteiger partial charge is 0.126 e. The average Bonchev–Trinajstić information content (AvgIpc) is 2.27. The van der Waals surface area contributed by atoms with E-state index >= 15 is 0 Å². The lowest BCUT2D eigenvalue weighted by Gasteiger charge is -2.24. The average molecular weight is 234 g/mol. The van der Waals surface area contributed by atoms with Crippen molar-refractivity contribution in [2.24, 2.45) is 5.41 Å². The van der Waals surface area contributed by atoms with Gasteiger partial charge < -0.3 is 4.90 Å². The summed E-state index contributed by atoms with van der Waals surface area (Å²) in [5, 5.41) is 8.94. The van der Waals surface area contributed by atoms with E-state index < -0.39 is 0 Å². The molecule has 0 spiro atoms. The van der Waals surface area contributed by atoms with Gasteiger partial charge in [-0.15, -0.1) is 0 Å². The van der Waals surface area contributed by atoms with Crippen molar-refractivity contribution in [3.63, 3.8) is 0 Å². The van der Waals surface area contributed by atoms with Gasteiger partial charge in [-0.2, -0.15) is 5.26 Å². The molecule has 0 aliphatic heterocycles. The Morgan fingerprint density at radius 1 is 1.35 bits per heavy atom. The molecule has 0 amide bonds. The van der Waals surface area contributed by atoms with E-state index in [0.717, 1.165) is 12.1 Å². The summed E-state index contributed by atoms with van der Waals surface area (Å²) in [6.45, 7) is 5.27. The molecule has 0 aromatic heterocycles. The molecule has 0 unspecified atom stereocenters. The molecule has 0 saturated carbocycles. The summed E-state index contributed by atoms with van der Waals surface area (Å²) in [5.41, 5.74) is 0.374. The van der Waals surface area contributed by atoms with Gasteiger partial charge >= 0.3 is 0 Å². The number of hydrogen-bond donors (Lipinski definition) is 0. The number of rotatable bonds is 5. The van der Waals surface area contributed by atoms with Crippen LogP contribution < -0.4 is 0 Å². The molecular weight excluding hydrogens is 215 g/mol. The molecule has 0 atom stereocenters. The SMILES string of the molecule is CN(CCc1ccccc1F)CC(C)(C)C#N. The first-order chi connectivity index (χ1) is 7.94. The molecule has 1 rings (SSSR count). The lowest BCUT2D eigenvalue weighted by molar-refractivity contribution is 0.257. The van der Waals surface area contributed by atoms with Gasteiger partial charge in [-0.25, -0.2) is 4.39 Å². The second-order valence-corrected chi connectivity index (χ2v) is 5.07. The number of likely N-dealkylation sites (N-methyl/N-ethyl adjacent to an activating group) is 1. The van der Waals surface area contributed by atoms with Crippen LogP contribution in [0.4, 0.5) is 4.39 Å². The minimum absolute atomic E-state index is 0.152. The molecule has 17 heavy (non-hydrogen) atoms. The summed E-state index contributed by atoms with van der Waals surface area (Å²) in [5.74, 6) is -0.152. The van der Waals surface area contributed by atoms with Crippen molar-refractivity contribution in [2.45, 2.75) is 20.3 Å². The van der Waals surface area contributed by atoms with E-state index in [1.54, 1.807) is 12.1 Å². The number of halogens is 1. The third-order valence-corrected chi connectivity index (χ3v) is 2.69. The van der Waals surface area contributed by atoms with E-state index in [1.807, 2.05) is 27.0 Å². The number of hydrogen-bond acceptors (Lipinski definition) is 2. The van der Waals surface area contributed by atoms with Gasteiger partial charge in [0.2, 0.25) is 0 Å². The Bertz CT molecular complexity index is 407. The number of nitriles is 1. The van der Waals surface area contributed by atoms with Crippen LogP contribution in [0.3, 0.4) is 0 Å². The first-order valence-electron chi connectivity index (χ1n) is 5.78.